The normalized spacial score (nSPS) is 19.2. The highest BCUT2D eigenvalue weighted by atomic mass is 19.1. The van der Waals surface area contributed by atoms with Gasteiger partial charge >= 0.3 is 0 Å². The minimum atomic E-state index is -0.420. The summed E-state index contributed by atoms with van der Waals surface area (Å²) in [5.41, 5.74) is 1.51. The van der Waals surface area contributed by atoms with Crippen LogP contribution in [0.1, 0.15) is 12.0 Å². The summed E-state index contributed by atoms with van der Waals surface area (Å²) in [6.45, 7) is 0.648. The quantitative estimate of drug-likeness (QED) is 0.807. The Kier molecular flexibility index (Phi) is 4.16. The van der Waals surface area contributed by atoms with E-state index in [1.165, 1.54) is 24.3 Å². The Bertz CT molecular complexity index is 718. The van der Waals surface area contributed by atoms with Crippen LogP contribution in [0.4, 0.5) is 10.1 Å². The molecule has 2 atom stereocenters. The second-order valence-corrected chi connectivity index (χ2v) is 5.73. The van der Waals surface area contributed by atoms with Crippen molar-refractivity contribution < 1.29 is 23.9 Å². The molecule has 1 fully saturated rings. The predicted molar refractivity (Wildman–Crippen MR) is 80.9 cm³/mol. The van der Waals surface area contributed by atoms with E-state index in [4.69, 9.17) is 0 Å². The second kappa shape index (κ2) is 6.26. The molecule has 1 aliphatic heterocycles. The maximum atomic E-state index is 13.0. The Balaban J connectivity index is 1.76. The number of imide groups is 1. The number of aromatic nitrogens is 1. The van der Waals surface area contributed by atoms with Crippen LogP contribution in [0.15, 0.2) is 48.8 Å². The van der Waals surface area contributed by atoms with E-state index in [0.29, 0.717) is 12.2 Å². The molecule has 0 aliphatic carbocycles. The fraction of sp³-hybridized carbons (Fsp3) is 0.235. The number of likely N-dealkylation sites (N-methyl/N-ethyl adjacent to an activating group) is 1. The molecule has 6 heteroatoms. The molecule has 2 unspecified atom stereocenters. The molecule has 2 amide bonds. The number of anilines is 1. The van der Waals surface area contributed by atoms with Crippen molar-refractivity contribution in [3.05, 3.63) is 60.2 Å². The molecule has 0 radical (unpaired) electrons. The highest BCUT2D eigenvalue weighted by molar-refractivity contribution is 6.21. The number of carbonyl (C=O) groups is 2. The molecule has 1 aromatic heterocycles. The number of benzene rings is 1. The molecule has 0 bridgehead atoms. The summed E-state index contributed by atoms with van der Waals surface area (Å²) >= 11 is 0. The van der Waals surface area contributed by atoms with E-state index in [1.54, 1.807) is 0 Å². The number of nitrogens with one attached hydrogen (secondary N) is 2. The van der Waals surface area contributed by atoms with Crippen LogP contribution in [0.5, 0.6) is 0 Å². The van der Waals surface area contributed by atoms with Gasteiger partial charge in [0, 0.05) is 17.7 Å². The van der Waals surface area contributed by atoms with Crippen LogP contribution in [-0.4, -0.2) is 24.9 Å². The zero-order valence-corrected chi connectivity index (χ0v) is 12.8. The number of nitrogens with zero attached hydrogens (tertiary/aromatic N) is 1. The fourth-order valence-corrected chi connectivity index (χ4v) is 2.86. The molecule has 23 heavy (non-hydrogen) atoms. The predicted octanol–water partition coefficient (Wildman–Crippen LogP) is -0.0134. The highest BCUT2D eigenvalue weighted by Gasteiger charge is 2.44. The van der Waals surface area contributed by atoms with Crippen LogP contribution >= 0.6 is 0 Å². The molecule has 5 nitrogen and oxygen atoms in total. The zero-order chi connectivity index (χ0) is 16.4. The Morgan fingerprint density at radius 2 is 1.83 bits per heavy atom. The number of hydrogen-bond acceptors (Lipinski definition) is 2. The molecule has 2 aromatic rings. The number of H-pyrrole nitrogens is 1. The molecule has 1 aromatic carbocycles. The van der Waals surface area contributed by atoms with Gasteiger partial charge in [-0.2, -0.15) is 0 Å². The molecular formula is C17H18FN3O2+2. The summed E-state index contributed by atoms with van der Waals surface area (Å²) in [5.74, 6) is -0.873. The SMILES string of the molecule is C[NH+](Cc1cc[nH+]cc1)C1CC(=O)N(c2ccc(F)cc2)C1=O. The van der Waals surface area contributed by atoms with E-state index in [9.17, 15) is 14.0 Å². The van der Waals surface area contributed by atoms with Crippen molar-refractivity contribution in [3.63, 3.8) is 0 Å². The molecule has 2 heterocycles. The lowest BCUT2D eigenvalue weighted by Crippen LogP contribution is -3.12. The van der Waals surface area contributed by atoms with Gasteiger partial charge in [0.05, 0.1) is 19.2 Å². The first-order valence-electron chi connectivity index (χ1n) is 7.46. The number of aromatic amines is 1. The summed E-state index contributed by atoms with van der Waals surface area (Å²) in [6, 6.07) is 8.88. The van der Waals surface area contributed by atoms with Gasteiger partial charge in [0.2, 0.25) is 5.91 Å². The molecule has 2 N–H and O–H groups in total. The van der Waals surface area contributed by atoms with Crippen molar-refractivity contribution in [1.82, 2.24) is 0 Å². The number of halogens is 1. The standard InChI is InChI=1S/C17H16FN3O2/c1-20(11-12-6-8-19-9-7-12)15-10-16(22)21(17(15)23)14-4-2-13(18)3-5-14/h2-9,15H,10-11H2,1H3/p+2. The van der Waals surface area contributed by atoms with Crippen LogP contribution < -0.4 is 14.8 Å². The van der Waals surface area contributed by atoms with Gasteiger partial charge in [-0.1, -0.05) is 0 Å². The van der Waals surface area contributed by atoms with Gasteiger partial charge in [-0.05, 0) is 24.3 Å². The molecule has 118 valence electrons. The molecule has 1 saturated heterocycles. The lowest BCUT2D eigenvalue weighted by molar-refractivity contribution is -0.908. The van der Waals surface area contributed by atoms with E-state index >= 15 is 0 Å². The van der Waals surface area contributed by atoms with Crippen LogP contribution in [0.2, 0.25) is 0 Å². The first kappa shape index (κ1) is 15.3. The molecule has 1 aliphatic rings. The Hall–Kier alpha value is -2.60. The van der Waals surface area contributed by atoms with Crippen LogP contribution in [0, 0.1) is 5.82 Å². The Morgan fingerprint density at radius 3 is 2.48 bits per heavy atom. The zero-order valence-electron chi connectivity index (χ0n) is 12.8. The maximum Gasteiger partial charge on any atom is 0.292 e. The third-order valence-electron chi connectivity index (χ3n) is 4.10. The third-order valence-corrected chi connectivity index (χ3v) is 4.10. The molecule has 0 saturated carbocycles. The van der Waals surface area contributed by atoms with Crippen molar-refractivity contribution in [2.24, 2.45) is 0 Å². The number of pyridine rings is 1. The average molecular weight is 315 g/mol. The minimum Gasteiger partial charge on any atom is -0.323 e. The van der Waals surface area contributed by atoms with Gasteiger partial charge in [0.15, 0.2) is 18.4 Å². The fourth-order valence-electron chi connectivity index (χ4n) is 2.86. The summed E-state index contributed by atoms with van der Waals surface area (Å²) in [4.78, 5) is 29.9. The number of quaternary nitrogens is 1. The second-order valence-electron chi connectivity index (χ2n) is 5.73. The van der Waals surface area contributed by atoms with Crippen molar-refractivity contribution in [2.75, 3.05) is 11.9 Å². The number of carbonyl (C=O) groups excluding carboxylic acids is 2. The van der Waals surface area contributed by atoms with E-state index in [2.05, 4.69) is 4.98 Å². The Labute approximate surface area is 133 Å². The first-order valence-corrected chi connectivity index (χ1v) is 7.46. The molecule has 0 spiro atoms. The molecular weight excluding hydrogens is 297 g/mol. The van der Waals surface area contributed by atoms with Crippen molar-refractivity contribution >= 4 is 17.5 Å². The van der Waals surface area contributed by atoms with E-state index < -0.39 is 11.9 Å². The number of hydrogen-bond donors (Lipinski definition) is 1. The van der Waals surface area contributed by atoms with Crippen LogP contribution in [0.25, 0.3) is 0 Å². The minimum absolute atomic E-state index is 0.168. The number of amides is 2. The summed E-state index contributed by atoms with van der Waals surface area (Å²) in [6.07, 6.45) is 3.82. The van der Waals surface area contributed by atoms with Crippen LogP contribution in [0.3, 0.4) is 0 Å². The monoisotopic (exact) mass is 315 g/mol. The van der Waals surface area contributed by atoms with Crippen molar-refractivity contribution in [2.45, 2.75) is 19.0 Å². The summed E-state index contributed by atoms with van der Waals surface area (Å²) in [7, 11) is 1.90. The lowest BCUT2D eigenvalue weighted by Gasteiger charge is -2.20. The van der Waals surface area contributed by atoms with Gasteiger partial charge in [-0.25, -0.2) is 14.3 Å². The topological polar surface area (TPSA) is 56.0 Å². The van der Waals surface area contributed by atoms with Crippen LogP contribution in [-0.2, 0) is 16.1 Å². The summed E-state index contributed by atoms with van der Waals surface area (Å²) < 4.78 is 13.0. The van der Waals surface area contributed by atoms with Gasteiger partial charge < -0.3 is 4.90 Å². The van der Waals surface area contributed by atoms with Crippen molar-refractivity contribution in [3.8, 4) is 0 Å². The third kappa shape index (κ3) is 3.12. The van der Waals surface area contributed by atoms with E-state index in [1.807, 2.05) is 31.6 Å². The van der Waals surface area contributed by atoms with Gasteiger partial charge in [-0.3, -0.25) is 9.59 Å². The largest absolute Gasteiger partial charge is 0.323 e. The maximum absolute atomic E-state index is 13.0. The van der Waals surface area contributed by atoms with Gasteiger partial charge in [-0.15, -0.1) is 0 Å². The Morgan fingerprint density at radius 1 is 1.17 bits per heavy atom. The van der Waals surface area contributed by atoms with Gasteiger partial charge in [0.1, 0.15) is 12.4 Å². The number of rotatable bonds is 4. The van der Waals surface area contributed by atoms with E-state index in [-0.39, 0.29) is 18.2 Å². The van der Waals surface area contributed by atoms with E-state index in [0.717, 1.165) is 15.4 Å². The smallest absolute Gasteiger partial charge is 0.292 e. The highest BCUT2D eigenvalue weighted by Crippen LogP contribution is 2.22. The lowest BCUT2D eigenvalue weighted by atomic mass is 10.2. The average Bonchev–Trinajstić information content (AvgIpc) is 2.84. The summed E-state index contributed by atoms with van der Waals surface area (Å²) in [5, 5.41) is 0. The van der Waals surface area contributed by atoms with Crippen molar-refractivity contribution in [1.29, 1.82) is 0 Å². The first-order chi connectivity index (χ1) is 11.1. The van der Waals surface area contributed by atoms with Gasteiger partial charge in [0.25, 0.3) is 5.91 Å². The molecule has 3 rings (SSSR count).